The number of para-hydroxylation sites is 2. The van der Waals surface area contributed by atoms with E-state index in [1.54, 1.807) is 6.07 Å². The van der Waals surface area contributed by atoms with Gasteiger partial charge in [-0.15, -0.1) is 0 Å². The number of hydrogen-bond donors (Lipinski definition) is 4. The number of carboxylic acid groups (broad SMARTS) is 2. The van der Waals surface area contributed by atoms with Crippen LogP contribution in [0.2, 0.25) is 0 Å². The SMILES string of the molecule is NC(CC(=O)O)c1ccccc1[N+](=O)[O-].O=C(O)Cc1[nH]nc2ccccc12. The zero-order valence-electron chi connectivity index (χ0n) is 14.6. The number of aromatic nitrogens is 2. The fourth-order valence-electron chi connectivity index (χ4n) is 2.57. The molecule has 10 nitrogen and oxygen atoms in total. The average Bonchev–Trinajstić information content (AvgIpc) is 3.04. The number of aromatic amines is 1. The van der Waals surface area contributed by atoms with Crippen molar-refractivity contribution in [3.8, 4) is 0 Å². The van der Waals surface area contributed by atoms with Crippen molar-refractivity contribution in [2.45, 2.75) is 18.9 Å². The van der Waals surface area contributed by atoms with Crippen LogP contribution < -0.4 is 5.73 Å². The average molecular weight is 386 g/mol. The molecule has 3 rings (SSSR count). The van der Waals surface area contributed by atoms with Crippen molar-refractivity contribution in [3.63, 3.8) is 0 Å². The van der Waals surface area contributed by atoms with E-state index in [4.69, 9.17) is 15.9 Å². The first-order valence-corrected chi connectivity index (χ1v) is 8.14. The molecule has 0 fully saturated rings. The van der Waals surface area contributed by atoms with Crippen LogP contribution in [-0.4, -0.2) is 37.3 Å². The van der Waals surface area contributed by atoms with Crippen molar-refractivity contribution < 1.29 is 24.7 Å². The molecule has 0 bridgehead atoms. The third-order valence-electron chi connectivity index (χ3n) is 3.80. The van der Waals surface area contributed by atoms with Crippen molar-refractivity contribution in [2.24, 2.45) is 5.73 Å². The first-order valence-electron chi connectivity index (χ1n) is 8.14. The fourth-order valence-corrected chi connectivity index (χ4v) is 2.57. The van der Waals surface area contributed by atoms with Gasteiger partial charge in [0.05, 0.1) is 29.0 Å². The van der Waals surface area contributed by atoms with Crippen molar-refractivity contribution in [3.05, 3.63) is 69.9 Å². The van der Waals surface area contributed by atoms with Gasteiger partial charge < -0.3 is 15.9 Å². The molecule has 0 saturated carbocycles. The monoisotopic (exact) mass is 386 g/mol. The Hall–Kier alpha value is -3.79. The number of benzene rings is 2. The van der Waals surface area contributed by atoms with E-state index in [0.717, 1.165) is 10.9 Å². The third kappa shape index (κ3) is 5.35. The molecule has 5 N–H and O–H groups in total. The van der Waals surface area contributed by atoms with Gasteiger partial charge in [0.15, 0.2) is 0 Å². The first kappa shape index (κ1) is 20.5. The summed E-state index contributed by atoms with van der Waals surface area (Å²) in [4.78, 5) is 30.9. The molecule has 0 aliphatic heterocycles. The third-order valence-corrected chi connectivity index (χ3v) is 3.80. The molecule has 1 unspecified atom stereocenters. The van der Waals surface area contributed by atoms with Gasteiger partial charge in [-0.1, -0.05) is 36.4 Å². The highest BCUT2D eigenvalue weighted by atomic mass is 16.6. The van der Waals surface area contributed by atoms with Crippen LogP contribution in [0.3, 0.4) is 0 Å². The van der Waals surface area contributed by atoms with Gasteiger partial charge in [-0.25, -0.2) is 0 Å². The Morgan fingerprint density at radius 2 is 1.75 bits per heavy atom. The molecular formula is C18H18N4O6. The quantitative estimate of drug-likeness (QED) is 0.369. The van der Waals surface area contributed by atoms with E-state index in [9.17, 15) is 19.7 Å². The number of carbonyl (C=O) groups is 2. The standard InChI is InChI=1S/C9H10N2O4.C9H8N2O2/c10-7(5-9(12)13)6-3-1-2-4-8(6)11(14)15;12-9(13)5-8-6-3-1-2-4-7(6)10-11-8/h1-4,7H,5,10H2,(H,12,13);1-4H,5H2,(H,10,11)(H,12,13). The van der Waals surface area contributed by atoms with E-state index in [-0.39, 0.29) is 24.1 Å². The Kier molecular flexibility index (Phi) is 6.77. The summed E-state index contributed by atoms with van der Waals surface area (Å²) in [6, 6.07) is 12.4. The van der Waals surface area contributed by atoms with Crippen LogP contribution in [0.25, 0.3) is 10.9 Å². The lowest BCUT2D eigenvalue weighted by Gasteiger charge is -2.08. The van der Waals surface area contributed by atoms with Crippen molar-refractivity contribution >= 4 is 28.5 Å². The molecular weight excluding hydrogens is 368 g/mol. The summed E-state index contributed by atoms with van der Waals surface area (Å²) in [6.07, 6.45) is -0.342. The van der Waals surface area contributed by atoms with Gasteiger partial charge in [-0.3, -0.25) is 24.8 Å². The van der Waals surface area contributed by atoms with Crippen molar-refractivity contribution in [1.29, 1.82) is 0 Å². The number of H-pyrrole nitrogens is 1. The molecule has 1 heterocycles. The Morgan fingerprint density at radius 3 is 2.39 bits per heavy atom. The summed E-state index contributed by atoms with van der Waals surface area (Å²) in [5.41, 5.74) is 7.10. The Labute approximate surface area is 158 Å². The first-order chi connectivity index (χ1) is 13.3. The second-order valence-electron chi connectivity index (χ2n) is 5.81. The van der Waals surface area contributed by atoms with Crippen molar-refractivity contribution in [1.82, 2.24) is 10.2 Å². The van der Waals surface area contributed by atoms with E-state index in [0.29, 0.717) is 5.69 Å². The van der Waals surface area contributed by atoms with E-state index in [2.05, 4.69) is 10.2 Å². The summed E-state index contributed by atoms with van der Waals surface area (Å²) in [6.45, 7) is 0. The zero-order valence-corrected chi connectivity index (χ0v) is 14.6. The highest BCUT2D eigenvalue weighted by Crippen LogP contribution is 2.24. The molecule has 28 heavy (non-hydrogen) atoms. The number of hydrogen-bond acceptors (Lipinski definition) is 6. The zero-order chi connectivity index (χ0) is 20.7. The van der Waals surface area contributed by atoms with Crippen LogP contribution >= 0.6 is 0 Å². The van der Waals surface area contributed by atoms with Crippen LogP contribution in [-0.2, 0) is 16.0 Å². The normalized spacial score (nSPS) is 11.3. The number of nitrogens with two attached hydrogens (primary N) is 1. The van der Waals surface area contributed by atoms with Crippen LogP contribution in [0, 0.1) is 10.1 Å². The van der Waals surface area contributed by atoms with Gasteiger partial charge in [0.2, 0.25) is 0 Å². The van der Waals surface area contributed by atoms with Crippen LogP contribution in [0.5, 0.6) is 0 Å². The van der Waals surface area contributed by atoms with Crippen molar-refractivity contribution in [2.75, 3.05) is 0 Å². The number of nitrogens with zero attached hydrogens (tertiary/aromatic N) is 2. The van der Waals surface area contributed by atoms with E-state index in [1.165, 1.54) is 18.2 Å². The number of fused-ring (bicyclic) bond motifs is 1. The van der Waals surface area contributed by atoms with Crippen LogP contribution in [0.15, 0.2) is 48.5 Å². The smallest absolute Gasteiger partial charge is 0.309 e. The highest BCUT2D eigenvalue weighted by Gasteiger charge is 2.20. The minimum Gasteiger partial charge on any atom is -0.481 e. The molecule has 0 spiro atoms. The highest BCUT2D eigenvalue weighted by molar-refractivity contribution is 5.84. The second-order valence-corrected chi connectivity index (χ2v) is 5.81. The van der Waals surface area contributed by atoms with E-state index in [1.807, 2.05) is 24.3 Å². The molecule has 2 aromatic carbocycles. The maximum Gasteiger partial charge on any atom is 0.309 e. The molecule has 0 amide bonds. The Bertz CT molecular complexity index is 1000. The van der Waals surface area contributed by atoms with Gasteiger partial charge >= 0.3 is 11.9 Å². The van der Waals surface area contributed by atoms with Crippen LogP contribution in [0.4, 0.5) is 5.69 Å². The molecule has 3 aromatic rings. The number of carboxylic acids is 2. The van der Waals surface area contributed by atoms with Gasteiger partial charge in [0.1, 0.15) is 0 Å². The maximum absolute atomic E-state index is 10.6. The largest absolute Gasteiger partial charge is 0.481 e. The lowest BCUT2D eigenvalue weighted by atomic mass is 10.0. The van der Waals surface area contributed by atoms with Gasteiger partial charge in [-0.05, 0) is 6.07 Å². The molecule has 0 aliphatic rings. The summed E-state index contributed by atoms with van der Waals surface area (Å²) in [5.74, 6) is -1.94. The molecule has 0 radical (unpaired) electrons. The summed E-state index contributed by atoms with van der Waals surface area (Å²) >= 11 is 0. The Balaban J connectivity index is 0.000000202. The molecule has 0 saturated heterocycles. The topological polar surface area (TPSA) is 172 Å². The predicted molar refractivity (Wildman–Crippen MR) is 99.7 cm³/mol. The number of nitro groups is 1. The van der Waals surface area contributed by atoms with Crippen LogP contribution in [0.1, 0.15) is 23.7 Å². The Morgan fingerprint density at radius 1 is 1.11 bits per heavy atom. The summed E-state index contributed by atoms with van der Waals surface area (Å²) in [7, 11) is 0. The molecule has 1 atom stereocenters. The predicted octanol–water partition coefficient (Wildman–Crippen LogP) is 2.26. The number of aliphatic carboxylic acids is 2. The number of nitrogens with one attached hydrogen (secondary N) is 1. The second kappa shape index (κ2) is 9.24. The lowest BCUT2D eigenvalue weighted by Crippen LogP contribution is -2.16. The summed E-state index contributed by atoms with van der Waals surface area (Å²) < 4.78 is 0. The summed E-state index contributed by atoms with van der Waals surface area (Å²) in [5, 5.41) is 35.3. The maximum atomic E-state index is 10.6. The minimum absolute atomic E-state index is 0.0134. The molecule has 0 aliphatic carbocycles. The number of nitro benzene ring substituents is 1. The minimum atomic E-state index is -1.08. The van der Waals surface area contributed by atoms with E-state index >= 15 is 0 Å². The number of rotatable bonds is 6. The van der Waals surface area contributed by atoms with Gasteiger partial charge in [-0.2, -0.15) is 5.10 Å². The fraction of sp³-hybridized carbons (Fsp3) is 0.167. The van der Waals surface area contributed by atoms with E-state index < -0.39 is 22.9 Å². The molecule has 146 valence electrons. The van der Waals surface area contributed by atoms with Gasteiger partial charge in [0, 0.05) is 23.1 Å². The van der Waals surface area contributed by atoms with Gasteiger partial charge in [0.25, 0.3) is 5.69 Å². The molecule has 1 aromatic heterocycles. The lowest BCUT2D eigenvalue weighted by molar-refractivity contribution is -0.385. The molecule has 10 heteroatoms.